The van der Waals surface area contributed by atoms with Gasteiger partial charge >= 0.3 is 11.8 Å². The van der Waals surface area contributed by atoms with Crippen molar-refractivity contribution in [1.29, 1.82) is 0 Å². The number of alkyl carbamates (subject to hydrolysis) is 1. The summed E-state index contributed by atoms with van der Waals surface area (Å²) in [6.07, 6.45) is 0.858. The van der Waals surface area contributed by atoms with Crippen molar-refractivity contribution in [3.05, 3.63) is 98.0 Å². The van der Waals surface area contributed by atoms with Gasteiger partial charge in [0.1, 0.15) is 11.6 Å². The highest BCUT2D eigenvalue weighted by Crippen LogP contribution is 2.17. The van der Waals surface area contributed by atoms with Crippen LogP contribution in [0.1, 0.15) is 56.0 Å². The normalized spacial score (nSPS) is 12.2. The highest BCUT2D eigenvalue weighted by Gasteiger charge is 2.25. The Labute approximate surface area is 231 Å². The van der Waals surface area contributed by atoms with Crippen LogP contribution >= 0.6 is 0 Å². The highest BCUT2D eigenvalue weighted by atomic mass is 16.6. The number of imidazole rings is 1. The fourth-order valence-corrected chi connectivity index (χ4v) is 4.23. The van der Waals surface area contributed by atoms with Crippen molar-refractivity contribution in [2.24, 2.45) is 0 Å². The number of aryl methyl sites for hydroxylation is 2. The molecule has 11 heteroatoms. The van der Waals surface area contributed by atoms with E-state index in [2.05, 4.69) is 20.6 Å². The van der Waals surface area contributed by atoms with Crippen LogP contribution in [0.25, 0.3) is 11.2 Å². The second-order valence-corrected chi connectivity index (χ2v) is 10.6. The third kappa shape index (κ3) is 6.66. The summed E-state index contributed by atoms with van der Waals surface area (Å²) in [7, 11) is 0. The molecule has 4 aromatic rings. The number of carbonyl (C=O) groups excluding carboxylic acids is 2. The van der Waals surface area contributed by atoms with Crippen molar-refractivity contribution in [2.75, 3.05) is 0 Å². The van der Waals surface area contributed by atoms with Crippen molar-refractivity contribution >= 4 is 23.2 Å². The minimum absolute atomic E-state index is 0.217. The van der Waals surface area contributed by atoms with E-state index in [1.165, 1.54) is 4.57 Å². The van der Waals surface area contributed by atoms with Gasteiger partial charge in [0.15, 0.2) is 11.2 Å². The van der Waals surface area contributed by atoms with Gasteiger partial charge in [-0.25, -0.2) is 14.6 Å². The molecule has 0 spiro atoms. The van der Waals surface area contributed by atoms with E-state index in [-0.39, 0.29) is 19.0 Å². The molecule has 0 saturated carbocycles. The van der Waals surface area contributed by atoms with Crippen molar-refractivity contribution < 1.29 is 14.3 Å². The van der Waals surface area contributed by atoms with E-state index in [4.69, 9.17) is 4.74 Å². The second-order valence-electron chi connectivity index (χ2n) is 10.6. The minimum atomic E-state index is -0.938. The first-order chi connectivity index (χ1) is 18.9. The molecule has 1 unspecified atom stereocenters. The molecule has 0 saturated heterocycles. The number of rotatable bonds is 8. The van der Waals surface area contributed by atoms with Gasteiger partial charge in [-0.15, -0.1) is 0 Å². The molecule has 4 rings (SSSR count). The molecule has 1 atom stereocenters. The number of carbonyl (C=O) groups is 2. The number of H-pyrrole nitrogens is 1. The summed E-state index contributed by atoms with van der Waals surface area (Å²) in [5.74, 6) is -0.382. The molecular weight excluding hydrogens is 512 g/mol. The number of nitrogens with one attached hydrogen (secondary N) is 3. The number of fused-ring (bicyclic) bond motifs is 1. The molecule has 0 aliphatic carbocycles. The molecule has 0 aliphatic rings. The lowest BCUT2D eigenvalue weighted by Gasteiger charge is -2.23. The zero-order valence-corrected chi connectivity index (χ0v) is 23.3. The van der Waals surface area contributed by atoms with Crippen molar-refractivity contribution in [1.82, 2.24) is 29.7 Å². The van der Waals surface area contributed by atoms with Gasteiger partial charge in [-0.2, -0.15) is 0 Å². The van der Waals surface area contributed by atoms with Crippen LogP contribution in [0.15, 0.2) is 64.4 Å². The average molecular weight is 547 g/mol. The number of hydrogen-bond acceptors (Lipinski definition) is 6. The van der Waals surface area contributed by atoms with Gasteiger partial charge in [0.2, 0.25) is 5.91 Å². The lowest BCUT2D eigenvalue weighted by atomic mass is 10.0. The predicted octanol–water partition coefficient (Wildman–Crippen LogP) is 3.15. The summed E-state index contributed by atoms with van der Waals surface area (Å²) in [6.45, 7) is 10.1. The molecule has 0 bridgehead atoms. The van der Waals surface area contributed by atoms with E-state index in [9.17, 15) is 19.2 Å². The Morgan fingerprint density at radius 2 is 1.68 bits per heavy atom. The Morgan fingerprint density at radius 3 is 2.30 bits per heavy atom. The van der Waals surface area contributed by atoms with Crippen molar-refractivity contribution in [2.45, 2.75) is 65.9 Å². The lowest BCUT2D eigenvalue weighted by molar-refractivity contribution is -0.123. The molecule has 2 amide bonds. The zero-order valence-electron chi connectivity index (χ0n) is 23.3. The van der Waals surface area contributed by atoms with Gasteiger partial charge in [0.25, 0.3) is 5.56 Å². The summed E-state index contributed by atoms with van der Waals surface area (Å²) >= 11 is 0. The summed E-state index contributed by atoms with van der Waals surface area (Å²) in [5.41, 5.74) is 2.28. The number of hydrogen-bond donors (Lipinski definition) is 3. The molecule has 0 fully saturated rings. The smallest absolute Gasteiger partial charge is 0.408 e. The van der Waals surface area contributed by atoms with Crippen LogP contribution < -0.4 is 21.9 Å². The largest absolute Gasteiger partial charge is 0.444 e. The van der Waals surface area contributed by atoms with Gasteiger partial charge in [-0.3, -0.25) is 19.1 Å². The van der Waals surface area contributed by atoms with E-state index in [0.29, 0.717) is 23.3 Å². The summed E-state index contributed by atoms with van der Waals surface area (Å²) in [6, 6.07) is 13.8. The molecule has 0 aliphatic heterocycles. The van der Waals surface area contributed by atoms with Crippen LogP contribution in [0.4, 0.5) is 4.79 Å². The fourth-order valence-electron chi connectivity index (χ4n) is 4.23. The van der Waals surface area contributed by atoms with E-state index < -0.39 is 29.0 Å². The van der Waals surface area contributed by atoms with Gasteiger partial charge in [0.05, 0.1) is 12.9 Å². The van der Waals surface area contributed by atoms with Gasteiger partial charge < -0.3 is 19.9 Å². The van der Waals surface area contributed by atoms with Gasteiger partial charge in [-0.05, 0) is 51.3 Å². The van der Waals surface area contributed by atoms with Crippen molar-refractivity contribution in [3.63, 3.8) is 0 Å². The van der Waals surface area contributed by atoms with Crippen LogP contribution in [0.5, 0.6) is 0 Å². The molecule has 2 aromatic carbocycles. The van der Waals surface area contributed by atoms with E-state index >= 15 is 0 Å². The number of benzene rings is 2. The Morgan fingerprint density at radius 1 is 1.02 bits per heavy atom. The Hall–Kier alpha value is -4.67. The summed E-state index contributed by atoms with van der Waals surface area (Å²) < 4.78 is 8.47. The molecule has 2 aromatic heterocycles. The van der Waals surface area contributed by atoms with Crippen LogP contribution in [0.2, 0.25) is 0 Å². The number of nitrogens with zero attached hydrogens (tertiary/aromatic N) is 3. The van der Waals surface area contributed by atoms with Gasteiger partial charge in [-0.1, -0.05) is 54.1 Å². The first-order valence-corrected chi connectivity index (χ1v) is 13.0. The molecule has 2 heterocycles. The molecule has 11 nitrogen and oxygen atoms in total. The molecule has 40 heavy (non-hydrogen) atoms. The highest BCUT2D eigenvalue weighted by molar-refractivity contribution is 5.87. The maximum Gasteiger partial charge on any atom is 0.408 e. The quantitative estimate of drug-likeness (QED) is 0.310. The van der Waals surface area contributed by atoms with Crippen LogP contribution in [-0.4, -0.2) is 36.7 Å². The fraction of sp³-hybridized carbons (Fsp3) is 0.345. The monoisotopic (exact) mass is 546 g/mol. The minimum Gasteiger partial charge on any atom is -0.444 e. The third-order valence-corrected chi connectivity index (χ3v) is 6.26. The average Bonchev–Trinajstić information content (AvgIpc) is 3.33. The maximum absolute atomic E-state index is 13.2. The molecule has 210 valence electrons. The Bertz CT molecular complexity index is 1630. The van der Waals surface area contributed by atoms with E-state index in [0.717, 1.165) is 16.7 Å². The topological polar surface area (TPSA) is 140 Å². The summed E-state index contributed by atoms with van der Waals surface area (Å²) in [5, 5.41) is 5.55. The standard InChI is InChI=1S/C29H34N6O5/c1-6-34-17-31-24-23(34)26(37)33-27(38)35(24)16-20-11-9-19(10-12-20)15-30-25(36)22(21-13-7-18(2)8-14-21)32-28(39)40-29(3,4)5/h7-14,17,22H,6,15-16H2,1-5H3,(H,30,36)(H,32,39)(H,33,37,38). The number of aromatic amines is 1. The Kier molecular flexibility index (Phi) is 8.22. The number of aromatic nitrogens is 4. The van der Waals surface area contributed by atoms with Gasteiger partial charge in [0, 0.05) is 13.1 Å². The first-order valence-electron chi connectivity index (χ1n) is 13.0. The molecule has 3 N–H and O–H groups in total. The van der Waals surface area contributed by atoms with E-state index in [1.807, 2.05) is 50.2 Å². The molecule has 0 radical (unpaired) electrons. The number of amides is 2. The first kappa shape index (κ1) is 28.3. The zero-order chi connectivity index (χ0) is 29.0. The van der Waals surface area contributed by atoms with E-state index in [1.54, 1.807) is 43.8 Å². The third-order valence-electron chi connectivity index (χ3n) is 6.26. The lowest BCUT2D eigenvalue weighted by Crippen LogP contribution is -2.42. The summed E-state index contributed by atoms with van der Waals surface area (Å²) in [4.78, 5) is 57.1. The number of ether oxygens (including phenoxy) is 1. The van der Waals surface area contributed by atoms with Crippen LogP contribution in [0.3, 0.4) is 0 Å². The maximum atomic E-state index is 13.2. The van der Waals surface area contributed by atoms with Crippen LogP contribution in [0, 0.1) is 6.92 Å². The predicted molar refractivity (Wildman–Crippen MR) is 151 cm³/mol. The van der Waals surface area contributed by atoms with Crippen LogP contribution in [-0.2, 0) is 29.2 Å². The molecular formula is C29H34N6O5. The van der Waals surface area contributed by atoms with Crippen molar-refractivity contribution in [3.8, 4) is 0 Å². The Balaban J connectivity index is 1.46. The second kappa shape index (κ2) is 11.6. The SMILES string of the molecule is CCn1cnc2c1c(=O)[nH]c(=O)n2Cc1ccc(CNC(=O)C(NC(=O)OC(C)(C)C)c2ccc(C)cc2)cc1.